The molecule has 0 radical (unpaired) electrons. The fraction of sp³-hybridized carbons (Fsp3) is 0.200. The van der Waals surface area contributed by atoms with Crippen molar-refractivity contribution in [2.75, 3.05) is 33.2 Å². The molecule has 0 bridgehead atoms. The Hall–Kier alpha value is -4.20. The van der Waals surface area contributed by atoms with Crippen LogP contribution in [0.1, 0.15) is 15.9 Å². The van der Waals surface area contributed by atoms with Crippen LogP contribution in [0.5, 0.6) is 28.7 Å². The summed E-state index contributed by atoms with van der Waals surface area (Å²) in [6, 6.07) is 17.7. The highest BCUT2D eigenvalue weighted by atomic mass is 16.5. The van der Waals surface area contributed by atoms with E-state index in [0.717, 1.165) is 11.3 Å². The number of ether oxygens (including phenoxy) is 4. The first kappa shape index (κ1) is 23.5. The number of aryl methyl sites for hydroxylation is 1. The Kier molecular flexibility index (Phi) is 7.75. The van der Waals surface area contributed by atoms with Gasteiger partial charge in [-0.05, 0) is 61.0 Å². The fourth-order valence-corrected chi connectivity index (χ4v) is 3.10. The van der Waals surface area contributed by atoms with Gasteiger partial charge in [0.1, 0.15) is 11.5 Å². The van der Waals surface area contributed by atoms with Crippen molar-refractivity contribution < 1.29 is 28.5 Å². The minimum absolute atomic E-state index is 0.211. The summed E-state index contributed by atoms with van der Waals surface area (Å²) in [7, 11) is 4.40. The van der Waals surface area contributed by atoms with Crippen LogP contribution in [0.3, 0.4) is 0 Å². The van der Waals surface area contributed by atoms with E-state index in [1.54, 1.807) is 24.3 Å². The van der Waals surface area contributed by atoms with Gasteiger partial charge in [-0.25, -0.2) is 0 Å². The van der Waals surface area contributed by atoms with Crippen LogP contribution < -0.4 is 29.6 Å². The van der Waals surface area contributed by atoms with Gasteiger partial charge in [0, 0.05) is 11.3 Å². The standard InChI is InChI=1S/C25H26N2O6/c1-16-6-5-7-20(12-16)33-19-10-8-18(9-11-19)27-23(28)15-26-25(29)17-13-21(30-2)24(32-4)22(14-17)31-3/h5-14H,15H2,1-4H3,(H,26,29)(H,27,28). The predicted molar refractivity (Wildman–Crippen MR) is 125 cm³/mol. The molecule has 2 amide bonds. The van der Waals surface area contributed by atoms with Gasteiger partial charge in [-0.2, -0.15) is 0 Å². The largest absolute Gasteiger partial charge is 0.493 e. The Balaban J connectivity index is 1.56. The molecular weight excluding hydrogens is 424 g/mol. The summed E-state index contributed by atoms with van der Waals surface area (Å²) < 4.78 is 21.6. The summed E-state index contributed by atoms with van der Waals surface area (Å²) in [5.74, 6) is 1.63. The van der Waals surface area contributed by atoms with Crippen LogP contribution in [0.25, 0.3) is 0 Å². The van der Waals surface area contributed by atoms with Crippen LogP contribution in [0, 0.1) is 6.92 Å². The van der Waals surface area contributed by atoms with Crippen molar-refractivity contribution in [1.82, 2.24) is 5.32 Å². The van der Waals surface area contributed by atoms with E-state index < -0.39 is 5.91 Å². The average molecular weight is 450 g/mol. The van der Waals surface area contributed by atoms with E-state index in [1.807, 2.05) is 31.2 Å². The van der Waals surface area contributed by atoms with Crippen LogP contribution in [0.4, 0.5) is 5.69 Å². The van der Waals surface area contributed by atoms with E-state index in [0.29, 0.717) is 28.7 Å². The monoisotopic (exact) mass is 450 g/mol. The summed E-state index contributed by atoms with van der Waals surface area (Å²) >= 11 is 0. The minimum atomic E-state index is -0.452. The Morgan fingerprint density at radius 3 is 2.06 bits per heavy atom. The number of hydrogen-bond acceptors (Lipinski definition) is 6. The normalized spacial score (nSPS) is 10.2. The first-order valence-electron chi connectivity index (χ1n) is 10.2. The van der Waals surface area contributed by atoms with Crippen LogP contribution in [0.15, 0.2) is 60.7 Å². The smallest absolute Gasteiger partial charge is 0.251 e. The van der Waals surface area contributed by atoms with Gasteiger partial charge in [-0.1, -0.05) is 12.1 Å². The molecule has 0 atom stereocenters. The first-order chi connectivity index (χ1) is 15.9. The maximum absolute atomic E-state index is 12.5. The molecule has 172 valence electrons. The fourth-order valence-electron chi connectivity index (χ4n) is 3.10. The van der Waals surface area contributed by atoms with Gasteiger partial charge in [-0.15, -0.1) is 0 Å². The van der Waals surface area contributed by atoms with Gasteiger partial charge >= 0.3 is 0 Å². The molecule has 0 unspecified atom stereocenters. The molecule has 0 heterocycles. The lowest BCUT2D eigenvalue weighted by atomic mass is 10.1. The summed E-state index contributed by atoms with van der Waals surface area (Å²) in [6.07, 6.45) is 0. The molecule has 0 aliphatic carbocycles. The zero-order chi connectivity index (χ0) is 23.8. The molecule has 0 saturated carbocycles. The summed E-state index contributed by atoms with van der Waals surface area (Å²) in [5, 5.41) is 5.31. The third-order valence-corrected chi connectivity index (χ3v) is 4.70. The molecule has 3 aromatic carbocycles. The molecule has 8 nitrogen and oxygen atoms in total. The van der Waals surface area contributed by atoms with Crippen molar-refractivity contribution >= 4 is 17.5 Å². The summed E-state index contributed by atoms with van der Waals surface area (Å²) in [4.78, 5) is 24.8. The highest BCUT2D eigenvalue weighted by Crippen LogP contribution is 2.38. The van der Waals surface area contributed by atoms with Crippen LogP contribution >= 0.6 is 0 Å². The lowest BCUT2D eigenvalue weighted by Crippen LogP contribution is -2.32. The number of methoxy groups -OCH3 is 3. The second kappa shape index (κ2) is 10.9. The quantitative estimate of drug-likeness (QED) is 0.508. The van der Waals surface area contributed by atoms with E-state index in [9.17, 15) is 9.59 Å². The molecule has 3 aromatic rings. The van der Waals surface area contributed by atoms with Gasteiger partial charge in [0.25, 0.3) is 5.91 Å². The molecule has 0 fully saturated rings. The summed E-state index contributed by atoms with van der Waals surface area (Å²) in [6.45, 7) is 1.78. The number of amides is 2. The van der Waals surface area contributed by atoms with Gasteiger partial charge in [0.05, 0.1) is 27.9 Å². The van der Waals surface area contributed by atoms with Crippen LogP contribution in [-0.4, -0.2) is 39.7 Å². The van der Waals surface area contributed by atoms with E-state index in [-0.39, 0.29) is 18.0 Å². The number of carbonyl (C=O) groups is 2. The molecule has 0 aromatic heterocycles. The maximum atomic E-state index is 12.5. The van der Waals surface area contributed by atoms with Gasteiger partial charge in [0.2, 0.25) is 11.7 Å². The van der Waals surface area contributed by atoms with Crippen LogP contribution in [-0.2, 0) is 4.79 Å². The number of carbonyl (C=O) groups excluding carboxylic acids is 2. The zero-order valence-corrected chi connectivity index (χ0v) is 18.9. The molecule has 8 heteroatoms. The second-order valence-electron chi connectivity index (χ2n) is 7.09. The second-order valence-corrected chi connectivity index (χ2v) is 7.09. The molecule has 2 N–H and O–H groups in total. The Bertz CT molecular complexity index is 1100. The van der Waals surface area contributed by atoms with Crippen molar-refractivity contribution in [3.8, 4) is 28.7 Å². The van der Waals surface area contributed by atoms with Crippen molar-refractivity contribution in [2.45, 2.75) is 6.92 Å². The Labute approximate surface area is 192 Å². The van der Waals surface area contributed by atoms with Crippen LogP contribution in [0.2, 0.25) is 0 Å². The molecular formula is C25H26N2O6. The lowest BCUT2D eigenvalue weighted by Gasteiger charge is -2.14. The lowest BCUT2D eigenvalue weighted by molar-refractivity contribution is -0.115. The average Bonchev–Trinajstić information content (AvgIpc) is 2.82. The number of rotatable bonds is 9. The Morgan fingerprint density at radius 1 is 0.818 bits per heavy atom. The van der Waals surface area contributed by atoms with E-state index in [4.69, 9.17) is 18.9 Å². The molecule has 0 aliphatic rings. The molecule has 3 rings (SSSR count). The highest BCUT2D eigenvalue weighted by molar-refractivity contribution is 6.00. The van der Waals surface area contributed by atoms with E-state index in [1.165, 1.54) is 33.5 Å². The van der Waals surface area contributed by atoms with Crippen molar-refractivity contribution in [1.29, 1.82) is 0 Å². The summed E-state index contributed by atoms with van der Waals surface area (Å²) in [5.41, 5.74) is 1.96. The predicted octanol–water partition coefficient (Wildman–Crippen LogP) is 4.18. The third kappa shape index (κ3) is 6.16. The SMILES string of the molecule is COc1cc(C(=O)NCC(=O)Nc2ccc(Oc3cccc(C)c3)cc2)cc(OC)c1OC. The number of benzene rings is 3. The van der Waals surface area contributed by atoms with Crippen molar-refractivity contribution in [3.05, 3.63) is 71.8 Å². The molecule has 0 spiro atoms. The van der Waals surface area contributed by atoms with Crippen molar-refractivity contribution in [2.24, 2.45) is 0 Å². The van der Waals surface area contributed by atoms with Gasteiger partial charge in [0.15, 0.2) is 11.5 Å². The molecule has 33 heavy (non-hydrogen) atoms. The Morgan fingerprint density at radius 2 is 1.48 bits per heavy atom. The molecule has 0 saturated heterocycles. The third-order valence-electron chi connectivity index (χ3n) is 4.70. The molecule has 0 aliphatic heterocycles. The van der Waals surface area contributed by atoms with Gasteiger partial charge < -0.3 is 29.6 Å². The van der Waals surface area contributed by atoms with Gasteiger partial charge in [-0.3, -0.25) is 9.59 Å². The zero-order valence-electron chi connectivity index (χ0n) is 18.9. The number of nitrogens with one attached hydrogen (secondary N) is 2. The highest BCUT2D eigenvalue weighted by Gasteiger charge is 2.17. The number of hydrogen-bond donors (Lipinski definition) is 2. The van der Waals surface area contributed by atoms with E-state index in [2.05, 4.69) is 10.6 Å². The minimum Gasteiger partial charge on any atom is -0.493 e. The first-order valence-corrected chi connectivity index (χ1v) is 10.2. The maximum Gasteiger partial charge on any atom is 0.251 e. The van der Waals surface area contributed by atoms with E-state index >= 15 is 0 Å². The topological polar surface area (TPSA) is 95.1 Å². The van der Waals surface area contributed by atoms with Crippen molar-refractivity contribution in [3.63, 3.8) is 0 Å². The number of anilines is 1.